The van der Waals surface area contributed by atoms with Crippen LogP contribution < -0.4 is 5.32 Å². The summed E-state index contributed by atoms with van der Waals surface area (Å²) in [6.45, 7) is 4.07. The number of hydrogen-bond acceptors (Lipinski definition) is 5. The molecule has 0 spiro atoms. The van der Waals surface area contributed by atoms with Crippen molar-refractivity contribution in [2.45, 2.75) is 65.0 Å². The normalized spacial score (nSPS) is 30.6. The summed E-state index contributed by atoms with van der Waals surface area (Å²) in [7, 11) is 0. The van der Waals surface area contributed by atoms with Crippen molar-refractivity contribution in [2.75, 3.05) is 0 Å². The maximum Gasteiger partial charge on any atom is 0.329 e. The van der Waals surface area contributed by atoms with E-state index in [4.69, 9.17) is 4.74 Å². The van der Waals surface area contributed by atoms with Crippen molar-refractivity contribution in [3.8, 4) is 0 Å². The summed E-state index contributed by atoms with van der Waals surface area (Å²) in [5.41, 5.74) is 0.666. The van der Waals surface area contributed by atoms with Crippen molar-refractivity contribution < 1.29 is 14.3 Å². The van der Waals surface area contributed by atoms with Gasteiger partial charge in [0.15, 0.2) is 0 Å². The number of nitrogens with one attached hydrogen (secondary N) is 1. The first-order chi connectivity index (χ1) is 14.4. The van der Waals surface area contributed by atoms with Crippen LogP contribution in [0.3, 0.4) is 0 Å². The number of nitrogens with zero attached hydrogens (tertiary/aromatic N) is 1. The molecule has 1 amide bonds. The average molecular weight is 427 g/mol. The quantitative estimate of drug-likeness (QED) is 0.680. The van der Waals surface area contributed by atoms with Crippen LogP contribution >= 0.6 is 11.3 Å². The van der Waals surface area contributed by atoms with Crippen molar-refractivity contribution in [1.82, 2.24) is 10.3 Å². The molecule has 4 aliphatic carbocycles. The molecular weight excluding hydrogens is 396 g/mol. The third-order valence-electron chi connectivity index (χ3n) is 7.40. The Hall–Kier alpha value is -1.95. The van der Waals surface area contributed by atoms with Gasteiger partial charge in [0.25, 0.3) is 0 Å². The fourth-order valence-electron chi connectivity index (χ4n) is 6.39. The van der Waals surface area contributed by atoms with Gasteiger partial charge in [-0.1, -0.05) is 26.0 Å². The highest BCUT2D eigenvalue weighted by Crippen LogP contribution is 2.60. The molecule has 1 N–H and O–H groups in total. The van der Waals surface area contributed by atoms with E-state index >= 15 is 0 Å². The predicted octanol–water partition coefficient (Wildman–Crippen LogP) is 4.70. The smallest absolute Gasteiger partial charge is 0.329 e. The van der Waals surface area contributed by atoms with Gasteiger partial charge in [0.1, 0.15) is 17.7 Å². The lowest BCUT2D eigenvalue weighted by atomic mass is 9.49. The Morgan fingerprint density at radius 2 is 1.77 bits per heavy atom. The van der Waals surface area contributed by atoms with E-state index in [9.17, 15) is 9.59 Å². The van der Waals surface area contributed by atoms with Crippen molar-refractivity contribution in [3.05, 3.63) is 29.3 Å². The maximum absolute atomic E-state index is 13.4. The Morgan fingerprint density at radius 1 is 1.13 bits per heavy atom. The van der Waals surface area contributed by atoms with Crippen LogP contribution in [0, 0.1) is 29.1 Å². The van der Waals surface area contributed by atoms with Crippen LogP contribution in [0.5, 0.6) is 0 Å². The number of hydrogen-bond donors (Lipinski definition) is 1. The largest absolute Gasteiger partial charge is 0.457 e. The standard InChI is InChI=1S/C24H30N2O3S/c1-14(2)21(22(27)29-13-20-25-18-5-3-4-6-19(18)30-20)26-23(28)24-10-15-7-16(11-24)9-17(8-15)12-24/h3-6,14-17,21H,7-13H2,1-2H3,(H,26,28)/t15?,16?,17?,21-,24?/m0/s1. The molecule has 160 valence electrons. The molecule has 2 aromatic rings. The first kappa shape index (κ1) is 20.0. The van der Waals surface area contributed by atoms with Gasteiger partial charge in [0.05, 0.1) is 10.2 Å². The Kier molecular flexibility index (Phi) is 5.08. The molecule has 0 radical (unpaired) electrons. The molecule has 0 aliphatic heterocycles. The zero-order chi connectivity index (χ0) is 20.9. The van der Waals surface area contributed by atoms with Gasteiger partial charge >= 0.3 is 5.97 Å². The molecule has 30 heavy (non-hydrogen) atoms. The number of rotatable bonds is 6. The molecule has 4 aliphatic rings. The number of amides is 1. The summed E-state index contributed by atoms with van der Waals surface area (Å²) in [6.07, 6.45) is 6.88. The SMILES string of the molecule is CC(C)[C@H](NC(=O)C12CC3CC(CC(C3)C1)C2)C(=O)OCc1nc2ccccc2s1. The van der Waals surface area contributed by atoms with Crippen LogP contribution in [0.25, 0.3) is 10.2 Å². The van der Waals surface area contributed by atoms with Gasteiger partial charge in [-0.2, -0.15) is 0 Å². The Labute approximate surface area is 181 Å². The third-order valence-corrected chi connectivity index (χ3v) is 8.41. The van der Waals surface area contributed by atoms with Gasteiger partial charge in [-0.3, -0.25) is 4.79 Å². The van der Waals surface area contributed by atoms with Crippen molar-refractivity contribution in [1.29, 1.82) is 0 Å². The predicted molar refractivity (Wildman–Crippen MR) is 117 cm³/mol. The van der Waals surface area contributed by atoms with E-state index in [-0.39, 0.29) is 29.8 Å². The van der Waals surface area contributed by atoms with Crippen LogP contribution in [-0.4, -0.2) is 22.9 Å². The minimum atomic E-state index is -0.611. The third kappa shape index (κ3) is 3.64. The Morgan fingerprint density at radius 3 is 2.37 bits per heavy atom. The van der Waals surface area contributed by atoms with Crippen LogP contribution in [0.2, 0.25) is 0 Å². The number of carbonyl (C=O) groups excluding carboxylic acids is 2. The first-order valence-corrected chi connectivity index (χ1v) is 12.1. The highest BCUT2D eigenvalue weighted by atomic mass is 32.1. The zero-order valence-electron chi connectivity index (χ0n) is 17.7. The highest BCUT2D eigenvalue weighted by molar-refractivity contribution is 7.18. The lowest BCUT2D eigenvalue weighted by Crippen LogP contribution is -2.57. The number of fused-ring (bicyclic) bond motifs is 1. The van der Waals surface area contributed by atoms with E-state index in [2.05, 4.69) is 10.3 Å². The number of esters is 1. The number of aromatic nitrogens is 1. The van der Waals surface area contributed by atoms with Gasteiger partial charge < -0.3 is 10.1 Å². The van der Waals surface area contributed by atoms with E-state index in [0.29, 0.717) is 17.8 Å². The molecule has 4 fully saturated rings. The van der Waals surface area contributed by atoms with E-state index in [1.165, 1.54) is 30.6 Å². The van der Waals surface area contributed by atoms with Gasteiger partial charge in [0, 0.05) is 5.41 Å². The molecule has 0 saturated heterocycles. The Balaban J connectivity index is 1.24. The lowest BCUT2D eigenvalue weighted by Gasteiger charge is -2.55. The molecule has 1 aromatic carbocycles. The van der Waals surface area contributed by atoms with Gasteiger partial charge in [-0.25, -0.2) is 9.78 Å². The van der Waals surface area contributed by atoms with Crippen molar-refractivity contribution >= 4 is 33.4 Å². The Bertz CT molecular complexity index is 898. The van der Waals surface area contributed by atoms with E-state index in [1.54, 1.807) is 0 Å². The van der Waals surface area contributed by atoms with E-state index < -0.39 is 6.04 Å². The average Bonchev–Trinajstić information content (AvgIpc) is 3.12. The van der Waals surface area contributed by atoms with Gasteiger partial charge in [-0.05, 0) is 74.3 Å². The number of thiazole rings is 1. The summed E-state index contributed by atoms with van der Waals surface area (Å²) in [4.78, 5) is 30.8. The number of ether oxygens (including phenoxy) is 1. The minimum Gasteiger partial charge on any atom is -0.457 e. The maximum atomic E-state index is 13.4. The van der Waals surface area contributed by atoms with Crippen LogP contribution in [0.4, 0.5) is 0 Å². The lowest BCUT2D eigenvalue weighted by molar-refractivity contribution is -0.156. The fraction of sp³-hybridized carbons (Fsp3) is 0.625. The molecule has 6 heteroatoms. The fourth-order valence-corrected chi connectivity index (χ4v) is 7.27. The molecule has 1 atom stereocenters. The number of para-hydroxylation sites is 1. The summed E-state index contributed by atoms with van der Waals surface area (Å²) in [6, 6.07) is 7.29. The number of carbonyl (C=O) groups is 2. The highest BCUT2D eigenvalue weighted by Gasteiger charge is 2.55. The minimum absolute atomic E-state index is 0.0225. The summed E-state index contributed by atoms with van der Waals surface area (Å²) in [5.74, 6) is 1.80. The zero-order valence-corrected chi connectivity index (χ0v) is 18.5. The van der Waals surface area contributed by atoms with Crippen LogP contribution in [0.1, 0.15) is 57.4 Å². The van der Waals surface area contributed by atoms with Crippen LogP contribution in [-0.2, 0) is 20.9 Å². The van der Waals surface area contributed by atoms with Crippen molar-refractivity contribution in [2.24, 2.45) is 29.1 Å². The van der Waals surface area contributed by atoms with E-state index in [0.717, 1.165) is 34.5 Å². The molecule has 0 unspecified atom stereocenters. The molecule has 5 nitrogen and oxygen atoms in total. The monoisotopic (exact) mass is 426 g/mol. The second kappa shape index (κ2) is 7.63. The second-order valence-electron chi connectivity index (χ2n) is 10.1. The molecule has 1 aromatic heterocycles. The molecule has 4 saturated carbocycles. The van der Waals surface area contributed by atoms with Gasteiger partial charge in [-0.15, -0.1) is 11.3 Å². The summed E-state index contributed by atoms with van der Waals surface area (Å²) >= 11 is 1.54. The van der Waals surface area contributed by atoms with E-state index in [1.807, 2.05) is 38.1 Å². The van der Waals surface area contributed by atoms with Crippen molar-refractivity contribution in [3.63, 3.8) is 0 Å². The first-order valence-electron chi connectivity index (χ1n) is 11.2. The van der Waals surface area contributed by atoms with Gasteiger partial charge in [0.2, 0.25) is 5.91 Å². The van der Waals surface area contributed by atoms with Crippen LogP contribution in [0.15, 0.2) is 24.3 Å². The molecule has 4 bridgehead atoms. The topological polar surface area (TPSA) is 68.3 Å². The summed E-state index contributed by atoms with van der Waals surface area (Å²) < 4.78 is 6.68. The molecular formula is C24H30N2O3S. The number of benzene rings is 1. The molecule has 1 heterocycles. The second-order valence-corrected chi connectivity index (χ2v) is 11.2. The summed E-state index contributed by atoms with van der Waals surface area (Å²) in [5, 5.41) is 3.88. The molecule has 6 rings (SSSR count).